The Hall–Kier alpha value is -5.13. The summed E-state index contributed by atoms with van der Waals surface area (Å²) in [5, 5.41) is 9.42. The summed E-state index contributed by atoms with van der Waals surface area (Å²) in [6, 6.07) is 0.570. The Kier molecular flexibility index (Phi) is 50.7. The Morgan fingerprint density at radius 1 is 0.193 bits per heavy atom. The van der Waals surface area contributed by atoms with Crippen LogP contribution in [0.15, 0.2) is 0 Å². The summed E-state index contributed by atoms with van der Waals surface area (Å²) in [5.74, 6) is 7.39. The molecule has 0 atom stereocenters. The molecule has 7 heterocycles. The summed E-state index contributed by atoms with van der Waals surface area (Å²) in [7, 11) is 0. The quantitative estimate of drug-likeness (QED) is 0.0482. The summed E-state index contributed by atoms with van der Waals surface area (Å²) in [4.78, 5) is 104. The molecule has 0 bridgehead atoms. The molecule has 27 heteroatoms. The second-order valence-corrected chi connectivity index (χ2v) is 51.2. The second kappa shape index (κ2) is 58.8. The molecule has 1 saturated carbocycles. The van der Waals surface area contributed by atoms with E-state index in [0.29, 0.717) is 26.4 Å². The Labute approximate surface area is 890 Å². The average molecular weight is 2030 g/mol. The van der Waals surface area contributed by atoms with E-state index in [4.69, 9.17) is 68.9 Å². The fraction of sp³-hybridized carbons (Fsp3) is 0.924. The van der Waals surface area contributed by atoms with Crippen LogP contribution in [0.2, 0.25) is 0 Å². The van der Waals surface area contributed by atoms with Gasteiger partial charge in [-0.1, -0.05) is 208 Å². The predicted octanol–water partition coefficient (Wildman–Crippen LogP) is 27.7. The van der Waals surface area contributed by atoms with Gasteiger partial charge in [0.15, 0.2) is 0 Å². The van der Waals surface area contributed by atoms with E-state index in [-0.39, 0.29) is 91.5 Å². The maximum Gasteiger partial charge on any atom is 0.232 e. The van der Waals surface area contributed by atoms with Gasteiger partial charge in [-0.15, -0.1) is 0 Å². The number of hydrogen-bond donors (Lipinski definition) is 0. The van der Waals surface area contributed by atoms with Gasteiger partial charge in [0.25, 0.3) is 0 Å². The number of anilines is 9. The van der Waals surface area contributed by atoms with E-state index in [1.54, 1.807) is 0 Å². The third-order valence-corrected chi connectivity index (χ3v) is 31.9. The van der Waals surface area contributed by atoms with Crippen LogP contribution in [0.25, 0.3) is 0 Å². The van der Waals surface area contributed by atoms with Crippen molar-refractivity contribution >= 4 is 53.5 Å². The molecule has 4 aliphatic heterocycles. The zero-order valence-electron chi connectivity index (χ0n) is 101. The number of unbranched alkanes of at least 4 members (excludes halogenated alkanes) is 15. The van der Waals surface area contributed by atoms with Crippen LogP contribution in [0, 0.1) is 10.8 Å². The van der Waals surface area contributed by atoms with Gasteiger partial charge in [0.1, 0.15) is 0 Å². The van der Waals surface area contributed by atoms with Gasteiger partial charge in [0, 0.05) is 166 Å². The maximum atomic E-state index is 7.13. The molecule has 27 nitrogen and oxygen atoms in total. The first kappa shape index (κ1) is 125. The lowest BCUT2D eigenvalue weighted by Gasteiger charge is -2.56. The summed E-state index contributed by atoms with van der Waals surface area (Å²) in [6.45, 7) is 95.4. The minimum Gasteiger partial charge on any atom is -0.377 e. The molecule has 838 valence electrons. The van der Waals surface area contributed by atoms with Gasteiger partial charge in [0.2, 0.25) is 53.5 Å². The molecule has 0 radical (unpaired) electrons. The summed E-state index contributed by atoms with van der Waals surface area (Å²) in [5.41, 5.74) is -2.66. The topological polar surface area (TPSA) is 204 Å². The van der Waals surface area contributed by atoms with Gasteiger partial charge >= 0.3 is 0 Å². The minimum atomic E-state index is -0.334. The standard InChI is InChI=1S/C118H226N22O5/c1-35-49-66-128(67-50-36-2)100-119-101(129(68-51-37-3)69-52-38-4)122-104(121-100)134(96-88-113(23,24)138(143-81-46-12)114(25,26)89-96)76-63-59-58-62-75-133(94-84-109(15,16)99(141-79-44-10)110(17,18)85-94)107-125-106(132(74-57-43-9)95-86-111(19,20)137(142-80-45-11)112(21,22)87-95)126-108(127-107)136(98-92-117(31,32)140(145-83-48-14)118(33,34)93-98)78-65-61-60-64-77-135(97-90-115(27,28)139(144-82-47-13)116(29,30)91-97)105-123-102(130(70-53-39-5)71-54-40-6)120-103(124-105)131(72-55-41-7)73-56-42-8/h94-99H,35-93H2,1-34H3. The van der Waals surface area contributed by atoms with Crippen LogP contribution in [-0.4, -0.2) is 264 Å². The number of hydrogen-bond acceptors (Lipinski definition) is 27. The number of ether oxygens (including phenoxy) is 1. The molecule has 0 aromatic carbocycles. The van der Waals surface area contributed by atoms with E-state index in [1.165, 1.54) is 0 Å². The van der Waals surface area contributed by atoms with Gasteiger partial charge < -0.3 is 48.8 Å². The van der Waals surface area contributed by atoms with Crippen molar-refractivity contribution in [2.45, 2.75) is 579 Å². The number of nitrogens with zero attached hydrogens (tertiary/aromatic N) is 22. The third-order valence-electron chi connectivity index (χ3n) is 31.9. The maximum absolute atomic E-state index is 7.13. The van der Waals surface area contributed by atoms with Crippen molar-refractivity contribution in [2.24, 2.45) is 10.8 Å². The van der Waals surface area contributed by atoms with Crippen LogP contribution in [0.3, 0.4) is 0 Å². The highest BCUT2D eigenvalue weighted by molar-refractivity contribution is 5.52. The summed E-state index contributed by atoms with van der Waals surface area (Å²) >= 11 is 0. The van der Waals surface area contributed by atoms with Crippen LogP contribution >= 0.6 is 0 Å². The molecule has 4 saturated heterocycles. The van der Waals surface area contributed by atoms with Gasteiger partial charge in [-0.25, -0.2) is 0 Å². The number of hydroxylamine groups is 8. The van der Waals surface area contributed by atoms with E-state index in [1.807, 2.05) is 0 Å². The first-order chi connectivity index (χ1) is 68.8. The van der Waals surface area contributed by atoms with Crippen molar-refractivity contribution in [1.29, 1.82) is 0 Å². The lowest BCUT2D eigenvalue weighted by Crippen LogP contribution is -2.64. The molecule has 5 fully saturated rings. The van der Waals surface area contributed by atoms with Crippen LogP contribution in [0.1, 0.15) is 499 Å². The van der Waals surface area contributed by atoms with E-state index in [0.717, 1.165) is 408 Å². The highest BCUT2D eigenvalue weighted by atomic mass is 16.7. The normalized spacial score (nSPS) is 20.6. The van der Waals surface area contributed by atoms with Gasteiger partial charge in [-0.05, 0) is 301 Å². The summed E-state index contributed by atoms with van der Waals surface area (Å²) in [6.07, 6.45) is 41.5. The highest BCUT2D eigenvalue weighted by Gasteiger charge is 2.56. The zero-order valence-corrected chi connectivity index (χ0v) is 101. The van der Waals surface area contributed by atoms with E-state index >= 15 is 0 Å². The number of aromatic nitrogens is 9. The molecule has 0 unspecified atom stereocenters. The Morgan fingerprint density at radius 3 is 0.531 bits per heavy atom. The van der Waals surface area contributed by atoms with Crippen molar-refractivity contribution < 1.29 is 24.1 Å². The lowest BCUT2D eigenvalue weighted by atomic mass is 9.60. The zero-order chi connectivity index (χ0) is 107. The largest absolute Gasteiger partial charge is 0.377 e. The number of piperidine rings is 4. The minimum absolute atomic E-state index is 0.0643. The van der Waals surface area contributed by atoms with Crippen LogP contribution in [-0.2, 0) is 24.1 Å². The van der Waals surface area contributed by atoms with Crippen LogP contribution in [0.4, 0.5) is 53.5 Å². The Morgan fingerprint density at radius 2 is 0.352 bits per heavy atom. The molecule has 8 rings (SSSR count). The molecule has 3 aromatic rings. The molecular formula is C118H226N22O5. The van der Waals surface area contributed by atoms with Crippen molar-refractivity contribution in [3.05, 3.63) is 0 Å². The molecule has 0 spiro atoms. The average Bonchev–Trinajstić information content (AvgIpc) is 0.753. The Balaban J connectivity index is 1.31. The number of rotatable bonds is 70. The highest BCUT2D eigenvalue weighted by Crippen LogP contribution is 2.52. The van der Waals surface area contributed by atoms with Crippen molar-refractivity contribution in [3.8, 4) is 0 Å². The molecular weight excluding hydrogens is 1810 g/mol. The van der Waals surface area contributed by atoms with Crippen LogP contribution in [0.5, 0.6) is 0 Å². The molecule has 1 aliphatic carbocycles. The second-order valence-electron chi connectivity index (χ2n) is 51.2. The monoisotopic (exact) mass is 2030 g/mol. The SMILES string of the molecule is CCCCN(CCCC)c1nc(N(CCCC)CCCC)nc(N(CCCCCCN(c2nc(N(CCCC)C3CC(C)(C)N(OCCC)C(C)(C)C3)nc(N(CCCCCCN(c3nc(N(CCCC)CCCC)nc(N(CCCC)CCCC)n3)C3CC(C)(C)N(OCCC)C(C)(C)C3)C3CC(C)(C)N(OCCC)C(C)(C)C3)n2)C2CC(C)(C)C(OCCC)C(C)(C)C2)C2CC(C)(C)N(OCCC)C(C)(C)C2)n1. The molecule has 0 N–H and O–H groups in total. The molecule has 5 aliphatic rings. The third kappa shape index (κ3) is 35.5. The lowest BCUT2D eigenvalue weighted by molar-refractivity contribution is -0.282. The molecule has 0 amide bonds. The van der Waals surface area contributed by atoms with Crippen LogP contribution < -0.4 is 44.1 Å². The van der Waals surface area contributed by atoms with Crippen molar-refractivity contribution in [1.82, 2.24) is 65.1 Å². The Bertz CT molecular complexity index is 3690. The predicted molar refractivity (Wildman–Crippen MR) is 614 cm³/mol. The van der Waals surface area contributed by atoms with Crippen molar-refractivity contribution in [3.63, 3.8) is 0 Å². The first-order valence-electron chi connectivity index (χ1n) is 60.2. The first-order valence-corrected chi connectivity index (χ1v) is 60.2. The van der Waals surface area contributed by atoms with E-state index < -0.39 is 0 Å². The molecule has 145 heavy (non-hydrogen) atoms. The van der Waals surface area contributed by atoms with Gasteiger partial charge in [-0.3, -0.25) is 19.4 Å². The van der Waals surface area contributed by atoms with Gasteiger partial charge in [-0.2, -0.15) is 65.1 Å². The molecule has 3 aromatic heterocycles. The van der Waals surface area contributed by atoms with E-state index in [2.05, 4.69) is 300 Å². The summed E-state index contributed by atoms with van der Waals surface area (Å²) < 4.78 is 7.13. The van der Waals surface area contributed by atoms with E-state index in [9.17, 15) is 0 Å². The fourth-order valence-corrected chi connectivity index (χ4v) is 26.0. The smallest absolute Gasteiger partial charge is 0.232 e. The fourth-order valence-electron chi connectivity index (χ4n) is 26.0. The van der Waals surface area contributed by atoms with Gasteiger partial charge in [0.05, 0.1) is 32.5 Å². The van der Waals surface area contributed by atoms with Crippen molar-refractivity contribution in [2.75, 3.05) is 162 Å².